The number of allylic oxidation sites excluding steroid dienone is 4. The minimum atomic E-state index is -0.0378. The van der Waals surface area contributed by atoms with E-state index in [2.05, 4.69) is 69.2 Å². The summed E-state index contributed by atoms with van der Waals surface area (Å²) in [4.78, 5) is 0. The number of rotatable bonds is 3. The summed E-state index contributed by atoms with van der Waals surface area (Å²) >= 11 is 0. The van der Waals surface area contributed by atoms with Crippen molar-refractivity contribution in [2.45, 2.75) is 76.2 Å². The Morgan fingerprint density at radius 2 is 1.12 bits per heavy atom. The zero-order chi connectivity index (χ0) is 20.3. The van der Waals surface area contributed by atoms with Gasteiger partial charge in [-0.05, 0) is 40.9 Å². The second kappa shape index (κ2) is 12.4. The molecule has 0 bridgehead atoms. The minimum absolute atomic E-state index is 0.0378. The minimum Gasteiger partial charge on any atom is -0.403 e. The summed E-state index contributed by atoms with van der Waals surface area (Å²) in [6.07, 6.45) is 2.88. The van der Waals surface area contributed by atoms with Gasteiger partial charge in [0, 0.05) is 0 Å². The molecule has 3 N–H and O–H groups in total. The maximum absolute atomic E-state index is 6.80. The van der Waals surface area contributed by atoms with E-state index in [4.69, 9.17) is 26.8 Å². The lowest BCUT2D eigenvalue weighted by Crippen LogP contribution is -2.25. The summed E-state index contributed by atoms with van der Waals surface area (Å²) in [6.45, 7) is 24.3. The summed E-state index contributed by atoms with van der Waals surface area (Å²) in [5, 5.41) is 6.80. The Bertz CT molecular complexity index is 384. The van der Waals surface area contributed by atoms with E-state index >= 15 is 0 Å². The van der Waals surface area contributed by atoms with Gasteiger partial charge in [0.15, 0.2) is 0 Å². The second-order valence-electron chi connectivity index (χ2n) is 8.92. The Kier molecular flexibility index (Phi) is 14.5. The monoisotopic (exact) mass is 330 g/mol. The zero-order valence-corrected chi connectivity index (χ0v) is 18.0. The van der Waals surface area contributed by atoms with Gasteiger partial charge in [-0.25, -0.2) is 0 Å². The predicted molar refractivity (Wildman–Crippen MR) is 114 cm³/mol. The van der Waals surface area contributed by atoms with Crippen molar-refractivity contribution in [1.29, 1.82) is 5.41 Å². The lowest BCUT2D eigenvalue weighted by atomic mass is 9.71. The molecule has 0 unspecified atom stereocenters. The highest BCUT2D eigenvalue weighted by Gasteiger charge is 2.26. The Labute approximate surface area is 155 Å². The first kappa shape index (κ1) is 27.9. The molecule has 24 heavy (non-hydrogen) atoms. The first-order valence-corrected chi connectivity index (χ1v) is 8.67. The van der Waals surface area contributed by atoms with Crippen LogP contribution in [0.4, 0.5) is 0 Å². The van der Waals surface area contributed by atoms with Gasteiger partial charge in [0.05, 0.1) is 0 Å². The van der Waals surface area contributed by atoms with Crippen molar-refractivity contribution in [3.8, 4) is 0 Å². The van der Waals surface area contributed by atoms with E-state index in [9.17, 15) is 0 Å². The number of nitrogens with two attached hydrogens (primary N) is 1. The lowest BCUT2D eigenvalue weighted by Gasteiger charge is -2.34. The predicted octanol–water partition coefficient (Wildman–Crippen LogP) is 5.42. The van der Waals surface area contributed by atoms with Gasteiger partial charge >= 0.3 is 0 Å². The maximum Gasteiger partial charge on any atom is 0.140 e. The molecule has 4 radical (unpaired) electrons. The van der Waals surface area contributed by atoms with Crippen molar-refractivity contribution >= 4 is 21.3 Å². The van der Waals surface area contributed by atoms with Crippen molar-refractivity contribution in [2.24, 2.45) is 28.4 Å². The fourth-order valence-electron chi connectivity index (χ4n) is 0.311. The normalized spacial score (nSPS) is 13.0. The van der Waals surface area contributed by atoms with Crippen molar-refractivity contribution < 1.29 is 0 Å². The van der Waals surface area contributed by atoms with Gasteiger partial charge in [-0.2, -0.15) is 0 Å². The van der Waals surface area contributed by atoms with Crippen molar-refractivity contribution in [2.75, 3.05) is 0 Å². The molecular weight excluding hydrogens is 290 g/mol. The van der Waals surface area contributed by atoms with E-state index < -0.39 is 0 Å². The third kappa shape index (κ3) is 19.1. The standard InChI is InChI=1S/C8H18.C6H8B2N2.C6H14/c1-7(2,3)8(4,5)6;1-4(9)5(7)2-3-6(8)10;1-5(2)6(3)4/h1-6H3;2-3,10H,9H2,1H3;5-6H,1-4H3/b;3-2-,5-4-,10-6?;. The summed E-state index contributed by atoms with van der Waals surface area (Å²) in [5.74, 6) is 1.70. The molecule has 0 atom stereocenters. The molecule has 0 aromatic heterocycles. The van der Waals surface area contributed by atoms with Crippen LogP contribution in [0, 0.1) is 28.1 Å². The van der Waals surface area contributed by atoms with Gasteiger partial charge < -0.3 is 11.1 Å². The van der Waals surface area contributed by atoms with E-state index in [1.54, 1.807) is 6.92 Å². The molecule has 0 rings (SSSR count). The highest BCUT2D eigenvalue weighted by Crippen LogP contribution is 2.36. The zero-order valence-electron chi connectivity index (χ0n) is 18.0. The van der Waals surface area contributed by atoms with E-state index in [-0.39, 0.29) is 5.61 Å². The Morgan fingerprint density at radius 3 is 1.25 bits per heavy atom. The lowest BCUT2D eigenvalue weighted by molar-refractivity contribution is 0.157. The van der Waals surface area contributed by atoms with Crippen LogP contribution in [0.15, 0.2) is 23.3 Å². The van der Waals surface area contributed by atoms with E-state index in [1.807, 2.05) is 0 Å². The van der Waals surface area contributed by atoms with Crippen LogP contribution >= 0.6 is 0 Å². The van der Waals surface area contributed by atoms with Crippen molar-refractivity contribution in [3.05, 3.63) is 23.3 Å². The van der Waals surface area contributed by atoms with Crippen molar-refractivity contribution in [3.63, 3.8) is 0 Å². The summed E-state index contributed by atoms with van der Waals surface area (Å²) in [7, 11) is 10.4. The first-order valence-electron chi connectivity index (χ1n) is 8.67. The summed E-state index contributed by atoms with van der Waals surface area (Å²) < 4.78 is 0. The van der Waals surface area contributed by atoms with Crippen LogP contribution < -0.4 is 5.73 Å². The van der Waals surface area contributed by atoms with Crippen LogP contribution in [0.3, 0.4) is 0 Å². The Morgan fingerprint density at radius 1 is 0.833 bits per heavy atom. The topological polar surface area (TPSA) is 49.9 Å². The van der Waals surface area contributed by atoms with E-state index in [0.29, 0.717) is 22.0 Å². The van der Waals surface area contributed by atoms with Crippen LogP contribution in [0.5, 0.6) is 0 Å². The molecule has 0 saturated carbocycles. The van der Waals surface area contributed by atoms with Gasteiger partial charge in [0.1, 0.15) is 15.7 Å². The summed E-state index contributed by atoms with van der Waals surface area (Å²) in [6, 6.07) is 0. The molecule has 4 heteroatoms. The molecule has 0 heterocycles. The molecular formula is C20H40B2N2. The number of hydrogen-bond acceptors (Lipinski definition) is 2. The third-order valence-electron chi connectivity index (χ3n) is 4.48. The average molecular weight is 330 g/mol. The smallest absolute Gasteiger partial charge is 0.140 e. The molecule has 0 fully saturated rings. The fourth-order valence-corrected chi connectivity index (χ4v) is 0.311. The van der Waals surface area contributed by atoms with Gasteiger partial charge in [-0.1, -0.05) is 86.9 Å². The Hall–Kier alpha value is -0.920. The van der Waals surface area contributed by atoms with Gasteiger partial charge in [0.25, 0.3) is 0 Å². The van der Waals surface area contributed by atoms with Crippen molar-refractivity contribution in [1.82, 2.24) is 0 Å². The van der Waals surface area contributed by atoms with Gasteiger partial charge in [-0.15, -0.1) is 0 Å². The van der Waals surface area contributed by atoms with Crippen LogP contribution in [-0.2, 0) is 0 Å². The maximum atomic E-state index is 6.80. The summed E-state index contributed by atoms with van der Waals surface area (Å²) in [5.41, 5.74) is 7.12. The number of hydrogen-bond donors (Lipinski definition) is 2. The van der Waals surface area contributed by atoms with Crippen LogP contribution in [0.25, 0.3) is 0 Å². The molecule has 0 aromatic carbocycles. The van der Waals surface area contributed by atoms with Gasteiger partial charge in [0.2, 0.25) is 0 Å². The molecule has 136 valence electrons. The molecule has 0 saturated heterocycles. The molecule has 0 aliphatic rings. The van der Waals surface area contributed by atoms with E-state index in [1.165, 1.54) is 12.2 Å². The fraction of sp³-hybridized carbons (Fsp3) is 0.750. The Balaban J connectivity index is -0.000000285. The van der Waals surface area contributed by atoms with Gasteiger partial charge in [-0.3, -0.25) is 0 Å². The molecule has 0 spiro atoms. The molecule has 0 aromatic rings. The third-order valence-corrected chi connectivity index (χ3v) is 4.48. The highest BCUT2D eigenvalue weighted by atomic mass is 14.5. The average Bonchev–Trinajstić information content (AvgIpc) is 2.34. The van der Waals surface area contributed by atoms with Crippen LogP contribution in [-0.4, -0.2) is 21.3 Å². The first-order chi connectivity index (χ1) is 10.4. The quantitative estimate of drug-likeness (QED) is 0.405. The molecule has 2 nitrogen and oxygen atoms in total. The molecule has 0 amide bonds. The highest BCUT2D eigenvalue weighted by molar-refractivity contribution is 6.62. The second-order valence-corrected chi connectivity index (χ2v) is 8.92. The number of nitrogens with one attached hydrogen (secondary N) is 1. The molecule has 0 aliphatic heterocycles. The largest absolute Gasteiger partial charge is 0.403 e. The SMILES string of the molecule is CC(C)(C)C(C)(C)C.CC(C)C(C)C.[B]C(=N)/C=C\C([B])=C(/C)N. The van der Waals surface area contributed by atoms with Crippen LogP contribution in [0.1, 0.15) is 76.2 Å². The molecule has 0 aliphatic carbocycles. The van der Waals surface area contributed by atoms with E-state index in [0.717, 1.165) is 11.8 Å². The van der Waals surface area contributed by atoms with Crippen LogP contribution in [0.2, 0.25) is 0 Å².